The molecule has 1 atom stereocenters. The number of piperidine rings is 1. The maximum atomic E-state index is 13.2. The lowest BCUT2D eigenvalue weighted by atomic mass is 9.80. The second-order valence-corrected chi connectivity index (χ2v) is 6.71. The van der Waals surface area contributed by atoms with Gasteiger partial charge in [-0.3, -0.25) is 9.59 Å². The zero-order chi connectivity index (χ0) is 18.7. The van der Waals surface area contributed by atoms with Crippen LogP contribution in [0.4, 0.5) is 0 Å². The van der Waals surface area contributed by atoms with Crippen molar-refractivity contribution in [3.8, 4) is 5.75 Å². The molecule has 6 heteroatoms. The Hall–Kier alpha value is -2.60. The van der Waals surface area contributed by atoms with E-state index in [1.54, 1.807) is 24.1 Å². The van der Waals surface area contributed by atoms with Gasteiger partial charge in [0.2, 0.25) is 0 Å². The van der Waals surface area contributed by atoms with Crippen molar-refractivity contribution in [2.75, 3.05) is 33.9 Å². The maximum Gasteiger partial charge on any atom is 0.313 e. The minimum atomic E-state index is -1.05. The van der Waals surface area contributed by atoms with Crippen molar-refractivity contribution in [2.24, 2.45) is 5.41 Å². The van der Waals surface area contributed by atoms with E-state index >= 15 is 0 Å². The first-order chi connectivity index (χ1) is 12.5. The summed E-state index contributed by atoms with van der Waals surface area (Å²) in [6.07, 6.45) is 1.14. The van der Waals surface area contributed by atoms with E-state index in [0.717, 1.165) is 10.8 Å². The largest absolute Gasteiger partial charge is 0.496 e. The Balaban J connectivity index is 1.97. The number of hydrogen-bond donors (Lipinski definition) is 1. The first kappa shape index (κ1) is 18.2. The van der Waals surface area contributed by atoms with Gasteiger partial charge in [-0.15, -0.1) is 0 Å². The summed E-state index contributed by atoms with van der Waals surface area (Å²) in [5.41, 5.74) is -0.495. The second-order valence-electron chi connectivity index (χ2n) is 6.71. The van der Waals surface area contributed by atoms with Crippen molar-refractivity contribution in [1.82, 2.24) is 4.90 Å². The Bertz CT molecular complexity index is 830. The topological polar surface area (TPSA) is 76.1 Å². The normalized spacial score (nSPS) is 20.2. The number of ether oxygens (including phenoxy) is 2. The van der Waals surface area contributed by atoms with Crippen molar-refractivity contribution >= 4 is 22.6 Å². The molecule has 0 saturated carbocycles. The van der Waals surface area contributed by atoms with Crippen LogP contribution in [0, 0.1) is 5.41 Å². The zero-order valence-corrected chi connectivity index (χ0v) is 15.0. The van der Waals surface area contributed by atoms with Crippen LogP contribution in [0.2, 0.25) is 0 Å². The van der Waals surface area contributed by atoms with Crippen molar-refractivity contribution in [2.45, 2.75) is 12.8 Å². The molecule has 3 rings (SSSR count). The fraction of sp³-hybridized carbons (Fsp3) is 0.400. The fourth-order valence-corrected chi connectivity index (χ4v) is 3.74. The monoisotopic (exact) mass is 357 g/mol. The number of amides is 1. The van der Waals surface area contributed by atoms with E-state index < -0.39 is 11.4 Å². The average Bonchev–Trinajstić information content (AvgIpc) is 2.67. The summed E-state index contributed by atoms with van der Waals surface area (Å²) >= 11 is 0. The Morgan fingerprint density at radius 1 is 1.15 bits per heavy atom. The first-order valence-corrected chi connectivity index (χ1v) is 8.60. The van der Waals surface area contributed by atoms with Gasteiger partial charge in [0, 0.05) is 31.1 Å². The molecule has 1 aliphatic rings. The van der Waals surface area contributed by atoms with Crippen LogP contribution in [0.15, 0.2) is 36.4 Å². The zero-order valence-electron chi connectivity index (χ0n) is 15.0. The minimum absolute atomic E-state index is 0.0927. The van der Waals surface area contributed by atoms with Gasteiger partial charge in [0.05, 0.1) is 13.7 Å². The summed E-state index contributed by atoms with van der Waals surface area (Å²) in [5.74, 6) is -0.378. The Morgan fingerprint density at radius 2 is 1.88 bits per heavy atom. The Morgan fingerprint density at radius 3 is 2.54 bits per heavy atom. The predicted molar refractivity (Wildman–Crippen MR) is 97.6 cm³/mol. The van der Waals surface area contributed by atoms with Crippen molar-refractivity contribution < 1.29 is 24.2 Å². The van der Waals surface area contributed by atoms with Crippen LogP contribution in [0.1, 0.15) is 23.2 Å². The molecule has 0 spiro atoms. The van der Waals surface area contributed by atoms with Gasteiger partial charge >= 0.3 is 5.97 Å². The van der Waals surface area contributed by atoms with Gasteiger partial charge in [0.1, 0.15) is 11.2 Å². The van der Waals surface area contributed by atoms with Crippen LogP contribution in [0.25, 0.3) is 10.8 Å². The molecule has 6 nitrogen and oxygen atoms in total. The summed E-state index contributed by atoms with van der Waals surface area (Å²) in [6.45, 7) is 0.781. The van der Waals surface area contributed by atoms with Gasteiger partial charge in [-0.1, -0.05) is 24.3 Å². The molecular formula is C20H23NO5. The number of fused-ring (bicyclic) bond motifs is 1. The molecule has 2 aromatic rings. The summed E-state index contributed by atoms with van der Waals surface area (Å²) in [6, 6.07) is 11.1. The fourth-order valence-electron chi connectivity index (χ4n) is 3.74. The molecule has 1 fully saturated rings. The number of carboxylic acid groups (broad SMARTS) is 1. The third-order valence-corrected chi connectivity index (χ3v) is 5.07. The number of aliphatic carboxylic acids is 1. The number of methoxy groups -OCH3 is 2. The third kappa shape index (κ3) is 3.12. The van der Waals surface area contributed by atoms with Crippen molar-refractivity contribution in [3.63, 3.8) is 0 Å². The molecule has 1 heterocycles. The minimum Gasteiger partial charge on any atom is -0.496 e. The highest BCUT2D eigenvalue weighted by molar-refractivity contribution is 6.08. The molecule has 0 radical (unpaired) electrons. The standard InChI is InChI=1S/C20H23NO5/c1-25-13-20(19(23)24)10-5-11-21(12-20)18(22)16-8-9-17(26-2)15-7-4-3-6-14(15)16/h3-4,6-9H,5,10-13H2,1-2H3,(H,23,24). The molecule has 1 aliphatic heterocycles. The summed E-state index contributed by atoms with van der Waals surface area (Å²) < 4.78 is 10.5. The summed E-state index contributed by atoms with van der Waals surface area (Å²) in [4.78, 5) is 26.6. The molecule has 1 saturated heterocycles. The molecule has 1 N–H and O–H groups in total. The summed E-state index contributed by atoms with van der Waals surface area (Å²) in [5, 5.41) is 11.4. The lowest BCUT2D eigenvalue weighted by Crippen LogP contribution is -2.52. The number of carbonyl (C=O) groups is 2. The van der Waals surface area contributed by atoms with Crippen LogP contribution in [-0.2, 0) is 9.53 Å². The number of hydrogen-bond acceptors (Lipinski definition) is 4. The van der Waals surface area contributed by atoms with Gasteiger partial charge in [-0.2, -0.15) is 0 Å². The number of rotatable bonds is 5. The van der Waals surface area contributed by atoms with Gasteiger partial charge in [0.15, 0.2) is 0 Å². The molecular weight excluding hydrogens is 334 g/mol. The lowest BCUT2D eigenvalue weighted by Gasteiger charge is -2.39. The van der Waals surface area contributed by atoms with E-state index in [1.807, 2.05) is 24.3 Å². The molecule has 1 unspecified atom stereocenters. The molecule has 26 heavy (non-hydrogen) atoms. The molecule has 0 aliphatic carbocycles. The highest BCUT2D eigenvalue weighted by Gasteiger charge is 2.44. The van der Waals surface area contributed by atoms with Gasteiger partial charge in [0.25, 0.3) is 5.91 Å². The molecule has 2 aromatic carbocycles. The van der Waals surface area contributed by atoms with E-state index in [4.69, 9.17) is 9.47 Å². The number of likely N-dealkylation sites (tertiary alicyclic amines) is 1. The van der Waals surface area contributed by atoms with Crippen LogP contribution in [0.5, 0.6) is 5.75 Å². The quantitative estimate of drug-likeness (QED) is 0.890. The highest BCUT2D eigenvalue weighted by atomic mass is 16.5. The first-order valence-electron chi connectivity index (χ1n) is 8.60. The number of nitrogens with zero attached hydrogens (tertiary/aromatic N) is 1. The van der Waals surface area contributed by atoms with E-state index in [-0.39, 0.29) is 19.1 Å². The van der Waals surface area contributed by atoms with Gasteiger partial charge in [-0.25, -0.2) is 0 Å². The van der Waals surface area contributed by atoms with E-state index in [9.17, 15) is 14.7 Å². The Labute approximate surface area is 152 Å². The highest BCUT2D eigenvalue weighted by Crippen LogP contribution is 2.34. The maximum absolute atomic E-state index is 13.2. The number of carboxylic acids is 1. The Kier molecular flexibility index (Phi) is 5.13. The third-order valence-electron chi connectivity index (χ3n) is 5.07. The van der Waals surface area contributed by atoms with E-state index in [1.165, 1.54) is 7.11 Å². The van der Waals surface area contributed by atoms with E-state index in [0.29, 0.717) is 30.7 Å². The van der Waals surface area contributed by atoms with Gasteiger partial charge < -0.3 is 19.5 Å². The van der Waals surface area contributed by atoms with Crippen LogP contribution in [0.3, 0.4) is 0 Å². The number of benzene rings is 2. The van der Waals surface area contributed by atoms with Crippen LogP contribution >= 0.6 is 0 Å². The predicted octanol–water partition coefficient (Wildman–Crippen LogP) is 2.80. The molecule has 138 valence electrons. The van der Waals surface area contributed by atoms with Crippen LogP contribution in [-0.4, -0.2) is 55.8 Å². The smallest absolute Gasteiger partial charge is 0.313 e. The van der Waals surface area contributed by atoms with Crippen LogP contribution < -0.4 is 4.74 Å². The second kappa shape index (κ2) is 7.33. The molecule has 0 bridgehead atoms. The molecule has 1 amide bonds. The van der Waals surface area contributed by atoms with Crippen molar-refractivity contribution in [1.29, 1.82) is 0 Å². The summed E-state index contributed by atoms with van der Waals surface area (Å²) in [7, 11) is 3.09. The SMILES string of the molecule is COCC1(C(=O)O)CCCN(C(=O)c2ccc(OC)c3ccccc23)C1. The van der Waals surface area contributed by atoms with E-state index in [2.05, 4.69) is 0 Å². The van der Waals surface area contributed by atoms with Crippen molar-refractivity contribution in [3.05, 3.63) is 42.0 Å². The van der Waals surface area contributed by atoms with Gasteiger partial charge in [-0.05, 0) is 30.4 Å². The molecule has 0 aromatic heterocycles. The average molecular weight is 357 g/mol. The lowest BCUT2D eigenvalue weighted by molar-refractivity contribution is -0.155. The number of carbonyl (C=O) groups excluding carboxylic acids is 1.